The summed E-state index contributed by atoms with van der Waals surface area (Å²) in [6.45, 7) is 0. The number of amides is 1. The number of nitrogens with one attached hydrogen (secondary N) is 1. The first-order valence-electron chi connectivity index (χ1n) is 6.28. The highest BCUT2D eigenvalue weighted by molar-refractivity contribution is 9.10. The van der Waals surface area contributed by atoms with Gasteiger partial charge in [0.1, 0.15) is 0 Å². The molecule has 0 aliphatic heterocycles. The van der Waals surface area contributed by atoms with Crippen LogP contribution < -0.4 is 5.32 Å². The van der Waals surface area contributed by atoms with Gasteiger partial charge in [-0.15, -0.1) is 23.7 Å². The molecular formula is C14H14BrClN2OS. The van der Waals surface area contributed by atoms with Gasteiger partial charge in [-0.1, -0.05) is 12.1 Å². The zero-order chi connectivity index (χ0) is 13.2. The number of carbonyl (C=O) groups excluding carboxylic acids is 1. The van der Waals surface area contributed by atoms with Gasteiger partial charge >= 0.3 is 0 Å². The molecule has 6 heteroatoms. The number of rotatable bonds is 2. The highest BCUT2D eigenvalue weighted by atomic mass is 79.9. The molecule has 0 unspecified atom stereocenters. The van der Waals surface area contributed by atoms with Gasteiger partial charge in [0, 0.05) is 9.35 Å². The largest absolute Gasteiger partial charge is 0.298 e. The molecule has 0 atom stereocenters. The molecule has 1 heterocycles. The van der Waals surface area contributed by atoms with Crippen molar-refractivity contribution in [2.24, 2.45) is 0 Å². The fraction of sp³-hybridized carbons (Fsp3) is 0.286. The molecule has 1 aromatic carbocycles. The average molecular weight is 374 g/mol. The summed E-state index contributed by atoms with van der Waals surface area (Å²) in [7, 11) is 0. The zero-order valence-electron chi connectivity index (χ0n) is 10.7. The van der Waals surface area contributed by atoms with Gasteiger partial charge in [0.2, 0.25) is 0 Å². The smallest absolute Gasteiger partial charge is 0.258 e. The molecule has 1 amide bonds. The molecule has 1 aromatic heterocycles. The summed E-state index contributed by atoms with van der Waals surface area (Å²) in [6.07, 6.45) is 4.57. The topological polar surface area (TPSA) is 42.0 Å². The third-order valence-electron chi connectivity index (χ3n) is 3.18. The summed E-state index contributed by atoms with van der Waals surface area (Å²) < 4.78 is 0.800. The maximum absolute atomic E-state index is 12.2. The number of fused-ring (bicyclic) bond motifs is 1. The highest BCUT2D eigenvalue weighted by Gasteiger charge is 2.17. The Bertz CT molecular complexity index is 606. The lowest BCUT2D eigenvalue weighted by Crippen LogP contribution is -2.12. The number of hydrogen-bond acceptors (Lipinski definition) is 3. The zero-order valence-corrected chi connectivity index (χ0v) is 13.9. The molecule has 1 N–H and O–H groups in total. The van der Waals surface area contributed by atoms with Crippen molar-refractivity contribution in [3.8, 4) is 0 Å². The van der Waals surface area contributed by atoms with E-state index in [1.165, 1.54) is 23.4 Å². The molecule has 3 nitrogen and oxygen atoms in total. The lowest BCUT2D eigenvalue weighted by molar-refractivity contribution is 0.102. The van der Waals surface area contributed by atoms with Crippen molar-refractivity contribution in [1.29, 1.82) is 0 Å². The molecule has 1 aliphatic rings. The molecule has 0 bridgehead atoms. The number of carbonyl (C=O) groups is 1. The van der Waals surface area contributed by atoms with Gasteiger partial charge in [-0.25, -0.2) is 4.98 Å². The Morgan fingerprint density at radius 3 is 2.75 bits per heavy atom. The second-order valence-corrected chi connectivity index (χ2v) is 6.47. The number of halogens is 2. The van der Waals surface area contributed by atoms with Gasteiger partial charge in [0.15, 0.2) is 5.13 Å². The molecule has 3 rings (SSSR count). The van der Waals surface area contributed by atoms with E-state index in [1.807, 2.05) is 18.2 Å². The molecule has 0 saturated carbocycles. The molecular weight excluding hydrogens is 360 g/mol. The first-order valence-corrected chi connectivity index (χ1v) is 7.89. The SMILES string of the molecule is Cl.O=C(Nc1nc2c(s1)CCCC2)c1ccccc1Br. The Morgan fingerprint density at radius 2 is 2.00 bits per heavy atom. The minimum absolute atomic E-state index is 0. The van der Waals surface area contributed by atoms with Crippen LogP contribution in [0, 0.1) is 0 Å². The Morgan fingerprint density at radius 1 is 1.25 bits per heavy atom. The third kappa shape index (κ3) is 3.22. The van der Waals surface area contributed by atoms with E-state index in [0.717, 1.165) is 17.3 Å². The van der Waals surface area contributed by atoms with Crippen LogP contribution in [0.15, 0.2) is 28.7 Å². The predicted molar refractivity (Wildman–Crippen MR) is 88.1 cm³/mol. The molecule has 106 valence electrons. The summed E-state index contributed by atoms with van der Waals surface area (Å²) in [5.74, 6) is -0.112. The van der Waals surface area contributed by atoms with Gasteiger partial charge in [-0.2, -0.15) is 0 Å². The van der Waals surface area contributed by atoms with Crippen LogP contribution in [0.1, 0.15) is 33.8 Å². The van der Waals surface area contributed by atoms with E-state index in [9.17, 15) is 4.79 Å². The number of hydrogen-bond donors (Lipinski definition) is 1. The molecule has 2 aromatic rings. The average Bonchev–Trinajstić information content (AvgIpc) is 2.81. The molecule has 20 heavy (non-hydrogen) atoms. The van der Waals surface area contributed by atoms with Crippen LogP contribution >= 0.6 is 39.7 Å². The maximum Gasteiger partial charge on any atom is 0.258 e. The highest BCUT2D eigenvalue weighted by Crippen LogP contribution is 2.30. The van der Waals surface area contributed by atoms with Crippen molar-refractivity contribution in [3.05, 3.63) is 44.9 Å². The fourth-order valence-corrected chi connectivity index (χ4v) is 3.72. The van der Waals surface area contributed by atoms with E-state index < -0.39 is 0 Å². The summed E-state index contributed by atoms with van der Waals surface area (Å²) in [5.41, 5.74) is 1.80. The van der Waals surface area contributed by atoms with E-state index in [2.05, 4.69) is 26.2 Å². The van der Waals surface area contributed by atoms with Crippen LogP contribution in [0.2, 0.25) is 0 Å². The monoisotopic (exact) mass is 372 g/mol. The number of thiazole rings is 1. The third-order valence-corrected chi connectivity index (χ3v) is 4.95. The van der Waals surface area contributed by atoms with Crippen LogP contribution in [0.4, 0.5) is 5.13 Å². The first-order chi connectivity index (χ1) is 9.24. The van der Waals surface area contributed by atoms with Crippen LogP contribution in [0.5, 0.6) is 0 Å². The van der Waals surface area contributed by atoms with Crippen molar-refractivity contribution in [1.82, 2.24) is 4.98 Å². The predicted octanol–water partition coefficient (Wildman–Crippen LogP) is 4.46. The lowest BCUT2D eigenvalue weighted by atomic mass is 10.0. The Labute approximate surface area is 136 Å². The minimum atomic E-state index is -0.112. The van der Waals surface area contributed by atoms with Gasteiger partial charge in [0.05, 0.1) is 11.3 Å². The van der Waals surface area contributed by atoms with Crippen LogP contribution in [-0.2, 0) is 12.8 Å². The summed E-state index contributed by atoms with van der Waals surface area (Å²) >= 11 is 5.00. The van der Waals surface area contributed by atoms with Gasteiger partial charge in [-0.05, 0) is 53.7 Å². The maximum atomic E-state index is 12.2. The minimum Gasteiger partial charge on any atom is -0.298 e. The Balaban J connectivity index is 0.00000147. The summed E-state index contributed by atoms with van der Waals surface area (Å²) in [4.78, 5) is 18.0. The standard InChI is InChI=1S/C14H13BrN2OS.ClH/c15-10-6-2-1-5-9(10)13(18)17-14-16-11-7-3-4-8-12(11)19-14;/h1-2,5-6H,3-4,7-8H2,(H,16,17,18);1H. The van der Waals surface area contributed by atoms with Crippen molar-refractivity contribution in [3.63, 3.8) is 0 Å². The van der Waals surface area contributed by atoms with Crippen molar-refractivity contribution < 1.29 is 4.79 Å². The van der Waals surface area contributed by atoms with Gasteiger partial charge in [0.25, 0.3) is 5.91 Å². The number of aromatic nitrogens is 1. The van der Waals surface area contributed by atoms with Crippen LogP contribution in [-0.4, -0.2) is 10.9 Å². The number of benzene rings is 1. The Hall–Kier alpha value is -0.910. The summed E-state index contributed by atoms with van der Waals surface area (Å²) in [5, 5.41) is 3.61. The van der Waals surface area contributed by atoms with Crippen molar-refractivity contribution >= 4 is 50.7 Å². The van der Waals surface area contributed by atoms with Gasteiger partial charge in [-0.3, -0.25) is 10.1 Å². The number of aryl methyl sites for hydroxylation is 2. The molecule has 0 fully saturated rings. The molecule has 1 aliphatic carbocycles. The Kier molecular flexibility index (Phi) is 5.18. The lowest BCUT2D eigenvalue weighted by Gasteiger charge is -2.06. The first kappa shape index (κ1) is 15.5. The quantitative estimate of drug-likeness (QED) is 0.844. The van der Waals surface area contributed by atoms with Crippen molar-refractivity contribution in [2.75, 3.05) is 5.32 Å². The fourth-order valence-electron chi connectivity index (χ4n) is 2.22. The van der Waals surface area contributed by atoms with E-state index in [0.29, 0.717) is 10.7 Å². The van der Waals surface area contributed by atoms with Crippen molar-refractivity contribution in [2.45, 2.75) is 25.7 Å². The number of anilines is 1. The van der Waals surface area contributed by atoms with E-state index in [-0.39, 0.29) is 18.3 Å². The molecule has 0 radical (unpaired) electrons. The van der Waals surface area contributed by atoms with Crippen LogP contribution in [0.25, 0.3) is 0 Å². The second-order valence-electron chi connectivity index (χ2n) is 4.53. The number of nitrogens with zero attached hydrogens (tertiary/aromatic N) is 1. The van der Waals surface area contributed by atoms with Crippen LogP contribution in [0.3, 0.4) is 0 Å². The van der Waals surface area contributed by atoms with E-state index in [4.69, 9.17) is 0 Å². The van der Waals surface area contributed by atoms with E-state index in [1.54, 1.807) is 17.4 Å². The van der Waals surface area contributed by atoms with Gasteiger partial charge < -0.3 is 0 Å². The molecule has 0 spiro atoms. The second kappa shape index (κ2) is 6.70. The normalized spacial score (nSPS) is 13.2. The van der Waals surface area contributed by atoms with E-state index >= 15 is 0 Å². The summed E-state index contributed by atoms with van der Waals surface area (Å²) in [6, 6.07) is 7.41. The molecule has 0 saturated heterocycles.